The number of nitrogens with zero attached hydrogens (tertiary/aromatic N) is 3. The number of likely N-dealkylation sites (tertiary alicyclic amines) is 1. The van der Waals surface area contributed by atoms with Gasteiger partial charge in [0.25, 0.3) is 5.69 Å². The number of aromatic nitrogens is 1. The summed E-state index contributed by atoms with van der Waals surface area (Å²) in [5.74, 6) is 0. The largest absolute Gasteiger partial charge is 0.311 e. The van der Waals surface area contributed by atoms with Crippen LogP contribution in [0.2, 0.25) is 0 Å². The number of rotatable bonds is 7. The Hall–Kier alpha value is -1.53. The molecule has 0 aromatic carbocycles. The van der Waals surface area contributed by atoms with Crippen molar-refractivity contribution in [2.75, 3.05) is 26.2 Å². The van der Waals surface area contributed by atoms with Crippen LogP contribution in [0.15, 0.2) is 6.20 Å². The van der Waals surface area contributed by atoms with Gasteiger partial charge in [-0.1, -0.05) is 0 Å². The van der Waals surface area contributed by atoms with Gasteiger partial charge in [0, 0.05) is 23.9 Å². The van der Waals surface area contributed by atoms with Crippen molar-refractivity contribution in [3.05, 3.63) is 33.1 Å². The molecule has 0 amide bonds. The topological polar surface area (TPSA) is 71.3 Å². The molecule has 1 N–H and O–H groups in total. The predicted octanol–water partition coefficient (Wildman–Crippen LogP) is 2.18. The maximum absolute atomic E-state index is 11.1. The SMILES string of the molecule is Cc1cnc(CNCCCN2CCCC2)c(C)c1[N+](=O)[O-]. The normalized spacial score (nSPS) is 15.5. The van der Waals surface area contributed by atoms with Crippen LogP contribution < -0.4 is 5.32 Å². The summed E-state index contributed by atoms with van der Waals surface area (Å²) < 4.78 is 0. The van der Waals surface area contributed by atoms with Crippen LogP contribution in [0.1, 0.15) is 36.1 Å². The quantitative estimate of drug-likeness (QED) is 0.474. The van der Waals surface area contributed by atoms with Gasteiger partial charge in [-0.15, -0.1) is 0 Å². The van der Waals surface area contributed by atoms with Crippen LogP contribution in [0.5, 0.6) is 0 Å². The van der Waals surface area contributed by atoms with E-state index in [1.165, 1.54) is 25.9 Å². The van der Waals surface area contributed by atoms with Crippen LogP contribution >= 0.6 is 0 Å². The number of nitro groups is 1. The van der Waals surface area contributed by atoms with Crippen molar-refractivity contribution in [2.24, 2.45) is 0 Å². The number of pyridine rings is 1. The first-order chi connectivity index (χ1) is 10.1. The second-order valence-corrected chi connectivity index (χ2v) is 5.70. The summed E-state index contributed by atoms with van der Waals surface area (Å²) in [6.45, 7) is 8.60. The molecule has 116 valence electrons. The third-order valence-corrected chi connectivity index (χ3v) is 4.08. The molecular weight excluding hydrogens is 268 g/mol. The van der Waals surface area contributed by atoms with Gasteiger partial charge < -0.3 is 10.2 Å². The Balaban J connectivity index is 1.80. The van der Waals surface area contributed by atoms with E-state index in [1.54, 1.807) is 20.0 Å². The van der Waals surface area contributed by atoms with Crippen molar-refractivity contribution in [2.45, 2.75) is 39.7 Å². The van der Waals surface area contributed by atoms with Crippen LogP contribution in [0.4, 0.5) is 5.69 Å². The van der Waals surface area contributed by atoms with E-state index >= 15 is 0 Å². The van der Waals surface area contributed by atoms with Gasteiger partial charge >= 0.3 is 0 Å². The first kappa shape index (κ1) is 15.9. The lowest BCUT2D eigenvalue weighted by atomic mass is 10.1. The molecule has 21 heavy (non-hydrogen) atoms. The molecule has 6 nitrogen and oxygen atoms in total. The highest BCUT2D eigenvalue weighted by molar-refractivity contribution is 5.47. The molecule has 1 aromatic rings. The van der Waals surface area contributed by atoms with Crippen molar-refractivity contribution >= 4 is 5.69 Å². The third-order valence-electron chi connectivity index (χ3n) is 4.08. The van der Waals surface area contributed by atoms with E-state index in [0.29, 0.717) is 17.7 Å². The molecule has 2 heterocycles. The highest BCUT2D eigenvalue weighted by Crippen LogP contribution is 2.23. The Morgan fingerprint density at radius 2 is 2.10 bits per heavy atom. The van der Waals surface area contributed by atoms with E-state index in [-0.39, 0.29) is 10.6 Å². The van der Waals surface area contributed by atoms with Gasteiger partial charge in [-0.05, 0) is 59.3 Å². The van der Waals surface area contributed by atoms with Gasteiger partial charge in [-0.25, -0.2) is 0 Å². The van der Waals surface area contributed by atoms with Crippen molar-refractivity contribution < 1.29 is 4.92 Å². The average Bonchev–Trinajstić information content (AvgIpc) is 2.93. The summed E-state index contributed by atoms with van der Waals surface area (Å²) in [5.41, 5.74) is 2.26. The van der Waals surface area contributed by atoms with Crippen molar-refractivity contribution in [1.82, 2.24) is 15.2 Å². The Bertz CT molecular complexity index is 499. The molecule has 0 radical (unpaired) electrons. The average molecular weight is 292 g/mol. The van der Waals surface area contributed by atoms with Crippen LogP contribution in [-0.4, -0.2) is 41.0 Å². The molecule has 0 unspecified atom stereocenters. The summed E-state index contributed by atoms with van der Waals surface area (Å²) in [5, 5.41) is 14.4. The van der Waals surface area contributed by atoms with E-state index in [2.05, 4.69) is 15.2 Å². The molecule has 0 atom stereocenters. The van der Waals surface area contributed by atoms with E-state index in [9.17, 15) is 10.1 Å². The summed E-state index contributed by atoms with van der Waals surface area (Å²) in [6.07, 6.45) is 5.34. The van der Waals surface area contributed by atoms with Crippen molar-refractivity contribution in [3.8, 4) is 0 Å². The molecule has 0 spiro atoms. The Morgan fingerprint density at radius 1 is 1.38 bits per heavy atom. The predicted molar refractivity (Wildman–Crippen MR) is 82.4 cm³/mol. The van der Waals surface area contributed by atoms with Gasteiger partial charge in [-0.2, -0.15) is 0 Å². The monoisotopic (exact) mass is 292 g/mol. The van der Waals surface area contributed by atoms with Crippen LogP contribution in [0, 0.1) is 24.0 Å². The lowest BCUT2D eigenvalue weighted by molar-refractivity contribution is -0.386. The highest BCUT2D eigenvalue weighted by atomic mass is 16.6. The number of aryl methyl sites for hydroxylation is 1. The van der Waals surface area contributed by atoms with Crippen LogP contribution in [0.3, 0.4) is 0 Å². The molecule has 0 saturated carbocycles. The third kappa shape index (κ3) is 4.22. The lowest BCUT2D eigenvalue weighted by Crippen LogP contribution is -2.25. The standard InChI is InChI=1S/C15H24N4O2/c1-12-10-17-14(13(2)15(12)19(20)21)11-16-6-5-9-18-7-3-4-8-18/h10,16H,3-9,11H2,1-2H3. The molecule has 2 rings (SSSR count). The molecule has 0 bridgehead atoms. The maximum atomic E-state index is 11.1. The van der Waals surface area contributed by atoms with Crippen molar-refractivity contribution in [1.29, 1.82) is 0 Å². The van der Waals surface area contributed by atoms with E-state index in [4.69, 9.17) is 0 Å². The molecular formula is C15H24N4O2. The zero-order chi connectivity index (χ0) is 15.2. The fraction of sp³-hybridized carbons (Fsp3) is 0.667. The highest BCUT2D eigenvalue weighted by Gasteiger charge is 2.18. The molecule has 1 aliphatic rings. The zero-order valence-electron chi connectivity index (χ0n) is 12.9. The minimum Gasteiger partial charge on any atom is -0.311 e. The fourth-order valence-corrected chi connectivity index (χ4v) is 2.86. The minimum absolute atomic E-state index is 0.193. The summed E-state index contributed by atoms with van der Waals surface area (Å²) in [4.78, 5) is 17.6. The summed E-state index contributed by atoms with van der Waals surface area (Å²) >= 11 is 0. The molecule has 6 heteroatoms. The van der Waals surface area contributed by atoms with E-state index < -0.39 is 0 Å². The molecule has 1 saturated heterocycles. The zero-order valence-corrected chi connectivity index (χ0v) is 12.9. The first-order valence-electron chi connectivity index (χ1n) is 7.62. The van der Waals surface area contributed by atoms with Gasteiger partial charge in [-0.3, -0.25) is 15.1 Å². The summed E-state index contributed by atoms with van der Waals surface area (Å²) in [6, 6.07) is 0. The van der Waals surface area contributed by atoms with Gasteiger partial charge in [0.05, 0.1) is 10.6 Å². The second-order valence-electron chi connectivity index (χ2n) is 5.70. The lowest BCUT2D eigenvalue weighted by Gasteiger charge is -2.14. The van der Waals surface area contributed by atoms with Gasteiger partial charge in [0.1, 0.15) is 0 Å². The molecule has 1 aromatic heterocycles. The summed E-state index contributed by atoms with van der Waals surface area (Å²) in [7, 11) is 0. The fourth-order valence-electron chi connectivity index (χ4n) is 2.86. The first-order valence-corrected chi connectivity index (χ1v) is 7.62. The van der Waals surface area contributed by atoms with Gasteiger partial charge in [0.15, 0.2) is 0 Å². The smallest absolute Gasteiger partial charge is 0.278 e. The maximum Gasteiger partial charge on any atom is 0.278 e. The van der Waals surface area contributed by atoms with Crippen LogP contribution in [0.25, 0.3) is 0 Å². The van der Waals surface area contributed by atoms with Crippen molar-refractivity contribution in [3.63, 3.8) is 0 Å². The Morgan fingerprint density at radius 3 is 2.76 bits per heavy atom. The number of nitrogens with one attached hydrogen (secondary N) is 1. The minimum atomic E-state index is -0.316. The van der Waals surface area contributed by atoms with E-state index in [0.717, 1.165) is 25.2 Å². The van der Waals surface area contributed by atoms with E-state index in [1.807, 2.05) is 0 Å². The molecule has 1 aliphatic heterocycles. The Kier molecular flexibility index (Phi) is 5.64. The number of hydrogen-bond donors (Lipinski definition) is 1. The second kappa shape index (κ2) is 7.47. The molecule has 0 aliphatic carbocycles. The molecule has 1 fully saturated rings. The van der Waals surface area contributed by atoms with Gasteiger partial charge in [0.2, 0.25) is 0 Å². The number of hydrogen-bond acceptors (Lipinski definition) is 5. The van der Waals surface area contributed by atoms with Crippen LogP contribution in [-0.2, 0) is 6.54 Å². The Labute approximate surface area is 125 Å².